The molecule has 1 aromatic carbocycles. The number of hydrogen-bond donors (Lipinski definition) is 1. The lowest BCUT2D eigenvalue weighted by Crippen LogP contribution is -1.80. The Balaban J connectivity index is 1.98. The van der Waals surface area contributed by atoms with E-state index in [1.807, 2.05) is 17.8 Å². The number of hydrogen-bond acceptors (Lipinski definition) is 3. The lowest BCUT2D eigenvalue weighted by atomic mass is 10.2. The molecule has 3 aromatic rings. The van der Waals surface area contributed by atoms with E-state index in [9.17, 15) is 0 Å². The highest BCUT2D eigenvalue weighted by molar-refractivity contribution is 7.99. The quantitative estimate of drug-likeness (QED) is 0.725. The van der Waals surface area contributed by atoms with Gasteiger partial charge < -0.3 is 4.98 Å². The summed E-state index contributed by atoms with van der Waals surface area (Å²) in [6.45, 7) is 2.16. The van der Waals surface area contributed by atoms with E-state index in [4.69, 9.17) is 0 Å². The van der Waals surface area contributed by atoms with Crippen molar-refractivity contribution in [2.24, 2.45) is 0 Å². The second-order valence-electron chi connectivity index (χ2n) is 3.94. The van der Waals surface area contributed by atoms with E-state index in [0.717, 1.165) is 28.2 Å². The minimum absolute atomic E-state index is 0.894. The van der Waals surface area contributed by atoms with Crippen LogP contribution < -0.4 is 0 Å². The van der Waals surface area contributed by atoms with Crippen LogP contribution in [-0.2, 0) is 0 Å². The molecule has 0 spiro atoms. The number of nitrogens with one attached hydrogen (secondary N) is 1. The number of nitrogens with zero attached hydrogens (tertiary/aromatic N) is 2. The minimum Gasteiger partial charge on any atom is -0.338 e. The average Bonchev–Trinajstić information content (AvgIpc) is 2.84. The predicted octanol–water partition coefficient (Wildman–Crippen LogP) is 3.74. The van der Waals surface area contributed by atoms with E-state index in [1.54, 1.807) is 12.4 Å². The van der Waals surface area contributed by atoms with Gasteiger partial charge in [-0.05, 0) is 24.0 Å². The first-order chi connectivity index (χ1) is 8.86. The second kappa shape index (κ2) is 4.82. The average molecular weight is 255 g/mol. The topological polar surface area (TPSA) is 41.6 Å². The maximum Gasteiger partial charge on any atom is 0.138 e. The molecule has 0 amide bonds. The van der Waals surface area contributed by atoms with E-state index >= 15 is 0 Å². The lowest BCUT2D eigenvalue weighted by molar-refractivity contribution is 1.31. The summed E-state index contributed by atoms with van der Waals surface area (Å²) in [4.78, 5) is 13.2. The molecular weight excluding hydrogens is 242 g/mol. The Labute approximate surface area is 110 Å². The summed E-state index contributed by atoms with van der Waals surface area (Å²) in [5, 5.41) is 0. The van der Waals surface area contributed by atoms with E-state index in [1.165, 1.54) is 4.90 Å². The van der Waals surface area contributed by atoms with Crippen LogP contribution in [0, 0.1) is 0 Å². The van der Waals surface area contributed by atoms with Crippen LogP contribution in [0.4, 0.5) is 0 Å². The van der Waals surface area contributed by atoms with E-state index in [0.29, 0.717) is 0 Å². The molecular formula is C14H13N3S. The first kappa shape index (κ1) is 11.3. The number of rotatable bonds is 3. The first-order valence-corrected chi connectivity index (χ1v) is 6.88. The highest BCUT2D eigenvalue weighted by Gasteiger charge is 2.04. The van der Waals surface area contributed by atoms with Gasteiger partial charge >= 0.3 is 0 Å². The molecule has 0 unspecified atom stereocenters. The lowest BCUT2D eigenvalue weighted by Gasteiger charge is -2.00. The Morgan fingerprint density at radius 2 is 2.00 bits per heavy atom. The van der Waals surface area contributed by atoms with Crippen LogP contribution in [0.1, 0.15) is 6.92 Å². The molecule has 3 rings (SSSR count). The van der Waals surface area contributed by atoms with E-state index in [-0.39, 0.29) is 0 Å². The molecule has 0 bridgehead atoms. The summed E-state index contributed by atoms with van der Waals surface area (Å²) in [5.41, 5.74) is 3.03. The van der Waals surface area contributed by atoms with Crippen molar-refractivity contribution in [3.63, 3.8) is 0 Å². The molecule has 0 radical (unpaired) electrons. The molecule has 18 heavy (non-hydrogen) atoms. The molecule has 2 aromatic heterocycles. The van der Waals surface area contributed by atoms with Crippen molar-refractivity contribution in [3.8, 4) is 11.4 Å². The van der Waals surface area contributed by atoms with Crippen LogP contribution in [-0.4, -0.2) is 20.7 Å². The van der Waals surface area contributed by atoms with Gasteiger partial charge in [-0.3, -0.25) is 4.98 Å². The zero-order valence-electron chi connectivity index (χ0n) is 10.1. The number of pyridine rings is 1. The van der Waals surface area contributed by atoms with Crippen molar-refractivity contribution in [1.29, 1.82) is 0 Å². The third kappa shape index (κ3) is 2.11. The van der Waals surface area contributed by atoms with Gasteiger partial charge in [0.05, 0.1) is 11.7 Å². The van der Waals surface area contributed by atoms with Crippen LogP contribution in [0.3, 0.4) is 0 Å². The number of benzene rings is 1. The maximum atomic E-state index is 4.53. The van der Waals surface area contributed by atoms with Gasteiger partial charge in [0.25, 0.3) is 0 Å². The molecule has 0 fully saturated rings. The van der Waals surface area contributed by atoms with Gasteiger partial charge in [0, 0.05) is 16.7 Å². The van der Waals surface area contributed by atoms with Crippen molar-refractivity contribution < 1.29 is 0 Å². The molecule has 4 heteroatoms. The van der Waals surface area contributed by atoms with Gasteiger partial charge in [0.2, 0.25) is 0 Å². The normalized spacial score (nSPS) is 10.9. The number of H-pyrrole nitrogens is 1. The number of aromatic nitrogens is 3. The summed E-state index contributed by atoms with van der Waals surface area (Å²) in [6.07, 6.45) is 3.54. The van der Waals surface area contributed by atoms with Crippen molar-refractivity contribution in [3.05, 3.63) is 42.7 Å². The monoisotopic (exact) mass is 255 g/mol. The first-order valence-electron chi connectivity index (χ1n) is 5.90. The Hall–Kier alpha value is -1.81. The van der Waals surface area contributed by atoms with Crippen molar-refractivity contribution in [1.82, 2.24) is 15.0 Å². The van der Waals surface area contributed by atoms with Crippen molar-refractivity contribution in [2.45, 2.75) is 11.8 Å². The molecule has 0 atom stereocenters. The smallest absolute Gasteiger partial charge is 0.138 e. The van der Waals surface area contributed by atoms with Crippen LogP contribution in [0.5, 0.6) is 0 Å². The van der Waals surface area contributed by atoms with Crippen LogP contribution in [0.15, 0.2) is 47.6 Å². The number of thioether (sulfide) groups is 1. The largest absolute Gasteiger partial charge is 0.338 e. The molecule has 0 aliphatic rings. The van der Waals surface area contributed by atoms with Crippen molar-refractivity contribution in [2.75, 3.05) is 5.75 Å². The molecule has 0 saturated carbocycles. The fraction of sp³-hybridized carbons (Fsp3) is 0.143. The fourth-order valence-corrected chi connectivity index (χ4v) is 2.53. The molecule has 2 heterocycles. The molecule has 0 aliphatic carbocycles. The summed E-state index contributed by atoms with van der Waals surface area (Å²) in [5.74, 6) is 1.99. The van der Waals surface area contributed by atoms with Gasteiger partial charge in [-0.1, -0.05) is 19.1 Å². The third-order valence-corrected chi connectivity index (χ3v) is 3.62. The minimum atomic E-state index is 0.894. The summed E-state index contributed by atoms with van der Waals surface area (Å²) in [6, 6.07) is 10.4. The predicted molar refractivity (Wildman–Crippen MR) is 75.7 cm³/mol. The molecule has 1 N–H and O–H groups in total. The van der Waals surface area contributed by atoms with Gasteiger partial charge in [0.1, 0.15) is 11.3 Å². The van der Waals surface area contributed by atoms with Gasteiger partial charge in [0.15, 0.2) is 0 Å². The van der Waals surface area contributed by atoms with Crippen molar-refractivity contribution >= 4 is 22.8 Å². The summed E-state index contributed by atoms with van der Waals surface area (Å²) >= 11 is 1.84. The third-order valence-electron chi connectivity index (χ3n) is 2.72. The zero-order chi connectivity index (χ0) is 12.4. The van der Waals surface area contributed by atoms with Gasteiger partial charge in [-0.15, -0.1) is 11.8 Å². The molecule has 3 nitrogen and oxygen atoms in total. The highest BCUT2D eigenvalue weighted by Crippen LogP contribution is 2.23. The van der Waals surface area contributed by atoms with Crippen LogP contribution >= 0.6 is 11.8 Å². The summed E-state index contributed by atoms with van der Waals surface area (Å²) in [7, 11) is 0. The van der Waals surface area contributed by atoms with Gasteiger partial charge in [-0.2, -0.15) is 0 Å². The fourth-order valence-electron chi connectivity index (χ4n) is 1.87. The number of aromatic amines is 1. The van der Waals surface area contributed by atoms with Crippen LogP contribution in [0.25, 0.3) is 22.4 Å². The second-order valence-corrected chi connectivity index (χ2v) is 5.27. The maximum absolute atomic E-state index is 4.53. The SMILES string of the molecule is CCSc1ccc(-c2nc3cnccc3[nH]2)cc1. The zero-order valence-corrected chi connectivity index (χ0v) is 10.9. The molecule has 0 aliphatic heterocycles. The Morgan fingerprint density at radius 3 is 2.72 bits per heavy atom. The Morgan fingerprint density at radius 1 is 1.17 bits per heavy atom. The van der Waals surface area contributed by atoms with E-state index < -0.39 is 0 Å². The van der Waals surface area contributed by atoms with E-state index in [2.05, 4.69) is 46.1 Å². The molecule has 90 valence electrons. The Kier molecular flexibility index (Phi) is 3.02. The standard InChI is InChI=1S/C14H13N3S/c1-2-18-11-5-3-10(4-6-11)14-16-12-7-8-15-9-13(12)17-14/h3-9H,2H2,1H3,(H,16,17). The number of fused-ring (bicyclic) bond motifs is 1. The summed E-state index contributed by atoms with van der Waals surface area (Å²) < 4.78 is 0. The Bertz CT molecular complexity index is 625. The highest BCUT2D eigenvalue weighted by atomic mass is 32.2. The van der Waals surface area contributed by atoms with Gasteiger partial charge in [-0.25, -0.2) is 4.98 Å². The number of imidazole rings is 1. The van der Waals surface area contributed by atoms with Crippen LogP contribution in [0.2, 0.25) is 0 Å². The molecule has 0 saturated heterocycles.